The summed E-state index contributed by atoms with van der Waals surface area (Å²) < 4.78 is 10.1. The van der Waals surface area contributed by atoms with E-state index >= 15 is 0 Å². The molecule has 1 fully saturated rings. The summed E-state index contributed by atoms with van der Waals surface area (Å²) in [5.74, 6) is -1.57. The van der Waals surface area contributed by atoms with Crippen LogP contribution in [0.1, 0.15) is 13.3 Å². The van der Waals surface area contributed by atoms with Crippen molar-refractivity contribution in [3.8, 4) is 0 Å². The lowest BCUT2D eigenvalue weighted by Crippen LogP contribution is -2.47. The minimum atomic E-state index is -1.09. The first-order valence-corrected chi connectivity index (χ1v) is 6.44. The van der Waals surface area contributed by atoms with E-state index in [1.807, 2.05) is 6.92 Å². The molecule has 3 unspecified atom stereocenters. The van der Waals surface area contributed by atoms with Crippen LogP contribution in [0, 0.1) is 5.92 Å². The zero-order chi connectivity index (χ0) is 14.3. The van der Waals surface area contributed by atoms with Gasteiger partial charge in [0.25, 0.3) is 0 Å². The number of carboxylic acids is 1. The monoisotopic (exact) mass is 274 g/mol. The molecule has 0 spiro atoms. The molecule has 1 amide bonds. The largest absolute Gasteiger partial charge is 0.479 e. The summed E-state index contributed by atoms with van der Waals surface area (Å²) in [6, 6.07) is -0.00854. The molecule has 0 radical (unpaired) electrons. The van der Waals surface area contributed by atoms with Gasteiger partial charge in [-0.1, -0.05) is 6.92 Å². The highest BCUT2D eigenvalue weighted by Crippen LogP contribution is 2.13. The Labute approximate surface area is 112 Å². The van der Waals surface area contributed by atoms with Crippen LogP contribution in [-0.4, -0.2) is 62.5 Å². The van der Waals surface area contributed by atoms with E-state index in [0.717, 1.165) is 13.0 Å². The number of carboxylic acid groups (broad SMARTS) is 1. The van der Waals surface area contributed by atoms with Crippen LogP contribution in [0.5, 0.6) is 0 Å². The molecule has 3 atom stereocenters. The Balaban J connectivity index is 2.41. The second-order valence-corrected chi connectivity index (χ2v) is 4.51. The number of hydrogen-bond donors (Lipinski definition) is 3. The fourth-order valence-electron chi connectivity index (χ4n) is 1.94. The van der Waals surface area contributed by atoms with Gasteiger partial charge in [0.15, 0.2) is 6.10 Å². The van der Waals surface area contributed by atoms with Gasteiger partial charge in [0.05, 0.1) is 25.7 Å². The number of ether oxygens (including phenoxy) is 2. The lowest BCUT2D eigenvalue weighted by Gasteiger charge is -2.19. The number of methoxy groups -OCH3 is 1. The average molecular weight is 274 g/mol. The van der Waals surface area contributed by atoms with Crippen LogP contribution in [0.4, 0.5) is 0 Å². The van der Waals surface area contributed by atoms with Crippen LogP contribution < -0.4 is 10.6 Å². The average Bonchev–Trinajstić information content (AvgIpc) is 2.84. The molecule has 0 aromatic carbocycles. The Hall–Kier alpha value is -1.18. The summed E-state index contributed by atoms with van der Waals surface area (Å²) in [6.45, 7) is 3.70. The number of aliphatic carboxylic acids is 1. The molecule has 7 nitrogen and oxygen atoms in total. The molecular formula is C12H22N2O5. The SMILES string of the molecule is CCCNC1COCC1C(=O)NCC(OC)C(=O)O. The highest BCUT2D eigenvalue weighted by molar-refractivity contribution is 5.81. The number of rotatable bonds is 8. The summed E-state index contributed by atoms with van der Waals surface area (Å²) in [7, 11) is 1.30. The van der Waals surface area contributed by atoms with Gasteiger partial charge < -0.3 is 25.2 Å². The molecule has 1 saturated heterocycles. The highest BCUT2D eigenvalue weighted by atomic mass is 16.5. The van der Waals surface area contributed by atoms with Crippen molar-refractivity contribution in [3.05, 3.63) is 0 Å². The van der Waals surface area contributed by atoms with Crippen molar-refractivity contribution in [1.29, 1.82) is 0 Å². The summed E-state index contributed by atoms with van der Waals surface area (Å²) >= 11 is 0. The molecule has 0 aliphatic carbocycles. The Morgan fingerprint density at radius 3 is 2.79 bits per heavy atom. The predicted octanol–water partition coefficient (Wildman–Crippen LogP) is -0.783. The van der Waals surface area contributed by atoms with Gasteiger partial charge in [-0.05, 0) is 13.0 Å². The molecule has 1 aliphatic heterocycles. The summed E-state index contributed by atoms with van der Waals surface area (Å²) in [6.07, 6.45) is -0.0383. The van der Waals surface area contributed by atoms with E-state index in [4.69, 9.17) is 14.6 Å². The van der Waals surface area contributed by atoms with Crippen LogP contribution in [0.15, 0.2) is 0 Å². The molecule has 0 bridgehead atoms. The van der Waals surface area contributed by atoms with E-state index in [0.29, 0.717) is 13.2 Å². The van der Waals surface area contributed by atoms with Crippen LogP contribution in [0.3, 0.4) is 0 Å². The van der Waals surface area contributed by atoms with Gasteiger partial charge in [-0.3, -0.25) is 4.79 Å². The van der Waals surface area contributed by atoms with E-state index in [-0.39, 0.29) is 24.4 Å². The van der Waals surface area contributed by atoms with Crippen molar-refractivity contribution >= 4 is 11.9 Å². The van der Waals surface area contributed by atoms with Gasteiger partial charge in [-0.2, -0.15) is 0 Å². The maximum atomic E-state index is 12.0. The maximum Gasteiger partial charge on any atom is 0.334 e. The number of amides is 1. The Morgan fingerprint density at radius 1 is 1.47 bits per heavy atom. The van der Waals surface area contributed by atoms with Gasteiger partial charge >= 0.3 is 5.97 Å². The molecule has 1 heterocycles. The smallest absolute Gasteiger partial charge is 0.334 e. The molecule has 19 heavy (non-hydrogen) atoms. The molecular weight excluding hydrogens is 252 g/mol. The normalized spacial score (nSPS) is 24.1. The van der Waals surface area contributed by atoms with Gasteiger partial charge in [0, 0.05) is 13.2 Å². The minimum Gasteiger partial charge on any atom is -0.479 e. The predicted molar refractivity (Wildman–Crippen MR) is 67.8 cm³/mol. The van der Waals surface area contributed by atoms with Gasteiger partial charge in [-0.25, -0.2) is 4.79 Å². The van der Waals surface area contributed by atoms with Crippen LogP contribution in [-0.2, 0) is 19.1 Å². The van der Waals surface area contributed by atoms with Crippen LogP contribution in [0.25, 0.3) is 0 Å². The summed E-state index contributed by atoms with van der Waals surface area (Å²) in [5.41, 5.74) is 0. The molecule has 7 heteroatoms. The minimum absolute atomic E-state index is 0.00854. The Kier molecular flexibility index (Phi) is 6.75. The second kappa shape index (κ2) is 8.08. The topological polar surface area (TPSA) is 96.9 Å². The van der Waals surface area contributed by atoms with Crippen molar-refractivity contribution in [3.63, 3.8) is 0 Å². The maximum absolute atomic E-state index is 12.0. The molecule has 0 saturated carbocycles. The van der Waals surface area contributed by atoms with E-state index in [1.165, 1.54) is 7.11 Å². The third kappa shape index (κ3) is 4.77. The van der Waals surface area contributed by atoms with Gasteiger partial charge in [0.1, 0.15) is 0 Å². The number of carbonyl (C=O) groups excluding carboxylic acids is 1. The highest BCUT2D eigenvalue weighted by Gasteiger charge is 2.34. The van der Waals surface area contributed by atoms with Crippen molar-refractivity contribution in [2.45, 2.75) is 25.5 Å². The second-order valence-electron chi connectivity index (χ2n) is 4.51. The zero-order valence-corrected chi connectivity index (χ0v) is 11.3. The molecule has 0 aromatic rings. The van der Waals surface area contributed by atoms with Gasteiger partial charge in [-0.15, -0.1) is 0 Å². The first-order valence-electron chi connectivity index (χ1n) is 6.44. The lowest BCUT2D eigenvalue weighted by atomic mass is 10.0. The van der Waals surface area contributed by atoms with Crippen LogP contribution >= 0.6 is 0 Å². The molecule has 1 aliphatic rings. The van der Waals surface area contributed by atoms with Crippen molar-refractivity contribution in [2.24, 2.45) is 5.92 Å². The first-order chi connectivity index (χ1) is 9.10. The van der Waals surface area contributed by atoms with Crippen molar-refractivity contribution < 1.29 is 24.2 Å². The van der Waals surface area contributed by atoms with Crippen molar-refractivity contribution in [2.75, 3.05) is 33.4 Å². The number of nitrogens with one attached hydrogen (secondary N) is 2. The quantitative estimate of drug-likeness (QED) is 0.537. The summed E-state index contributed by atoms with van der Waals surface area (Å²) in [4.78, 5) is 22.7. The molecule has 0 aromatic heterocycles. The van der Waals surface area contributed by atoms with E-state index < -0.39 is 12.1 Å². The first kappa shape index (κ1) is 15.9. The standard InChI is InChI=1S/C12H22N2O5/c1-3-4-13-9-7-19-6-8(9)11(15)14-5-10(18-2)12(16)17/h8-10,13H,3-7H2,1-2H3,(H,14,15)(H,16,17). The molecule has 3 N–H and O–H groups in total. The zero-order valence-electron chi connectivity index (χ0n) is 11.3. The van der Waals surface area contributed by atoms with Gasteiger partial charge in [0.2, 0.25) is 5.91 Å². The Bertz CT molecular complexity index is 310. The van der Waals surface area contributed by atoms with E-state index in [9.17, 15) is 9.59 Å². The third-order valence-electron chi connectivity index (χ3n) is 3.10. The third-order valence-corrected chi connectivity index (χ3v) is 3.10. The Morgan fingerprint density at radius 2 is 2.21 bits per heavy atom. The fraction of sp³-hybridized carbons (Fsp3) is 0.833. The molecule has 1 rings (SSSR count). The van der Waals surface area contributed by atoms with E-state index in [2.05, 4.69) is 10.6 Å². The number of carbonyl (C=O) groups is 2. The lowest BCUT2D eigenvalue weighted by molar-refractivity contribution is -0.148. The van der Waals surface area contributed by atoms with Crippen LogP contribution in [0.2, 0.25) is 0 Å². The fourth-order valence-corrected chi connectivity index (χ4v) is 1.94. The number of hydrogen-bond acceptors (Lipinski definition) is 5. The van der Waals surface area contributed by atoms with E-state index in [1.54, 1.807) is 0 Å². The van der Waals surface area contributed by atoms with Crippen molar-refractivity contribution in [1.82, 2.24) is 10.6 Å². The summed E-state index contributed by atoms with van der Waals surface area (Å²) in [5, 5.41) is 14.7. The molecule has 110 valence electrons.